The van der Waals surface area contributed by atoms with Crippen molar-refractivity contribution >= 4 is 6.08 Å². The molecule has 0 fully saturated rings. The zero-order chi connectivity index (χ0) is 5.98. The van der Waals surface area contributed by atoms with Gasteiger partial charge in [-0.05, 0) is 6.08 Å². The Morgan fingerprint density at radius 2 is 2.62 bits per heavy atom. The molecule has 0 unspecified atom stereocenters. The first-order valence-corrected chi connectivity index (χ1v) is 2.19. The van der Waals surface area contributed by atoms with Crippen molar-refractivity contribution in [2.24, 2.45) is 0 Å². The topological polar surface area (TPSA) is 38.0 Å². The zero-order valence-electron chi connectivity index (χ0n) is 4.28. The Morgan fingerprint density at radius 3 is 2.88 bits per heavy atom. The molecule has 1 N–H and O–H groups in total. The Morgan fingerprint density at radius 1 is 1.88 bits per heavy atom. The maximum Gasteiger partial charge on any atom is 0.167 e. The Balaban J connectivity index is 3.09. The van der Waals surface area contributed by atoms with Crippen LogP contribution in [0, 0.1) is 0 Å². The molecule has 1 rings (SSSR count). The van der Waals surface area contributed by atoms with E-state index >= 15 is 0 Å². The van der Waals surface area contributed by atoms with E-state index in [4.69, 9.17) is 5.21 Å². The number of imidazole rings is 1. The van der Waals surface area contributed by atoms with E-state index in [1.807, 2.05) is 0 Å². The molecule has 8 heavy (non-hydrogen) atoms. The van der Waals surface area contributed by atoms with Crippen molar-refractivity contribution in [3.05, 3.63) is 24.8 Å². The van der Waals surface area contributed by atoms with Crippen LogP contribution in [0.2, 0.25) is 0 Å². The average molecular weight is 110 g/mol. The van der Waals surface area contributed by atoms with Gasteiger partial charge in [-0.2, -0.15) is 4.73 Å². The number of hydrogen-bond donors (Lipinski definition) is 1. The lowest BCUT2D eigenvalue weighted by molar-refractivity contribution is 0.183. The number of hydrogen-bond acceptors (Lipinski definition) is 2. The largest absolute Gasteiger partial charge is 0.427 e. The van der Waals surface area contributed by atoms with Gasteiger partial charge in [0.15, 0.2) is 5.82 Å². The van der Waals surface area contributed by atoms with Crippen molar-refractivity contribution in [1.29, 1.82) is 0 Å². The summed E-state index contributed by atoms with van der Waals surface area (Å²) in [7, 11) is 0. The minimum absolute atomic E-state index is 0.463. The molecule has 0 bridgehead atoms. The number of nitrogens with zero attached hydrogens (tertiary/aromatic N) is 2. The molecule has 42 valence electrons. The third-order valence-electron chi connectivity index (χ3n) is 0.832. The van der Waals surface area contributed by atoms with Crippen molar-refractivity contribution in [2.75, 3.05) is 0 Å². The molecule has 3 heteroatoms. The number of aromatic nitrogens is 2. The van der Waals surface area contributed by atoms with Gasteiger partial charge in [0.2, 0.25) is 0 Å². The minimum atomic E-state index is 0.463. The fourth-order valence-electron chi connectivity index (χ4n) is 0.455. The van der Waals surface area contributed by atoms with Crippen molar-refractivity contribution in [1.82, 2.24) is 9.71 Å². The van der Waals surface area contributed by atoms with E-state index in [0.717, 1.165) is 4.73 Å². The highest BCUT2D eigenvalue weighted by atomic mass is 16.5. The Hall–Kier alpha value is -1.25. The zero-order valence-corrected chi connectivity index (χ0v) is 4.28. The molecule has 3 nitrogen and oxygen atoms in total. The molecule has 0 aliphatic heterocycles. The summed E-state index contributed by atoms with van der Waals surface area (Å²) in [5, 5.41) is 8.73. The minimum Gasteiger partial charge on any atom is -0.427 e. The first kappa shape index (κ1) is 4.90. The monoisotopic (exact) mass is 110 g/mol. The van der Waals surface area contributed by atoms with Gasteiger partial charge in [-0.1, -0.05) is 6.58 Å². The van der Waals surface area contributed by atoms with Crippen LogP contribution in [-0.4, -0.2) is 14.9 Å². The lowest BCUT2D eigenvalue weighted by atomic mass is 10.6. The first-order valence-electron chi connectivity index (χ1n) is 2.19. The molecule has 0 spiro atoms. The van der Waals surface area contributed by atoms with Crippen molar-refractivity contribution < 1.29 is 5.21 Å². The maximum absolute atomic E-state index is 8.73. The summed E-state index contributed by atoms with van der Waals surface area (Å²) in [6.07, 6.45) is 4.41. The second-order valence-electron chi connectivity index (χ2n) is 1.33. The van der Waals surface area contributed by atoms with Crippen LogP contribution in [0.4, 0.5) is 0 Å². The fourth-order valence-corrected chi connectivity index (χ4v) is 0.455. The summed E-state index contributed by atoms with van der Waals surface area (Å²) >= 11 is 0. The molecule has 0 radical (unpaired) electrons. The summed E-state index contributed by atoms with van der Waals surface area (Å²) in [6, 6.07) is 0. The summed E-state index contributed by atoms with van der Waals surface area (Å²) < 4.78 is 0.910. The molecular weight excluding hydrogens is 104 g/mol. The first-order chi connectivity index (χ1) is 3.84. The van der Waals surface area contributed by atoms with Gasteiger partial charge in [0, 0.05) is 6.20 Å². The molecule has 0 atom stereocenters. The van der Waals surface area contributed by atoms with Gasteiger partial charge in [0.05, 0.1) is 6.20 Å². The molecular formula is C5H6N2O. The van der Waals surface area contributed by atoms with Crippen molar-refractivity contribution in [3.8, 4) is 0 Å². The van der Waals surface area contributed by atoms with Crippen LogP contribution >= 0.6 is 0 Å². The average Bonchev–Trinajstić information content (AvgIpc) is 2.14. The smallest absolute Gasteiger partial charge is 0.167 e. The highest BCUT2D eigenvalue weighted by Crippen LogP contribution is 1.92. The van der Waals surface area contributed by atoms with Crippen LogP contribution in [0.25, 0.3) is 6.08 Å². The van der Waals surface area contributed by atoms with Gasteiger partial charge in [-0.15, -0.1) is 0 Å². The van der Waals surface area contributed by atoms with Gasteiger partial charge in [0.1, 0.15) is 0 Å². The van der Waals surface area contributed by atoms with E-state index in [1.165, 1.54) is 18.5 Å². The van der Waals surface area contributed by atoms with Gasteiger partial charge in [-0.3, -0.25) is 0 Å². The van der Waals surface area contributed by atoms with E-state index in [1.54, 1.807) is 0 Å². The highest BCUT2D eigenvalue weighted by molar-refractivity contribution is 5.35. The summed E-state index contributed by atoms with van der Waals surface area (Å²) in [4.78, 5) is 3.73. The summed E-state index contributed by atoms with van der Waals surface area (Å²) in [6.45, 7) is 3.42. The van der Waals surface area contributed by atoms with Crippen LogP contribution in [0.1, 0.15) is 5.82 Å². The standard InChI is InChI=1S/C5H6N2O/c1-2-5-6-3-4-7(5)8/h2-4,8H,1H2. The second-order valence-corrected chi connectivity index (χ2v) is 1.33. The van der Waals surface area contributed by atoms with Crippen LogP contribution in [-0.2, 0) is 0 Å². The predicted octanol–water partition coefficient (Wildman–Crippen LogP) is 0.763. The SMILES string of the molecule is C=Cc1nccn1O. The van der Waals surface area contributed by atoms with Crippen molar-refractivity contribution in [2.45, 2.75) is 0 Å². The summed E-state index contributed by atoms with van der Waals surface area (Å²) in [5.41, 5.74) is 0. The molecule has 0 saturated heterocycles. The second kappa shape index (κ2) is 1.69. The van der Waals surface area contributed by atoms with Crippen LogP contribution in [0.15, 0.2) is 19.0 Å². The Labute approximate surface area is 46.9 Å². The van der Waals surface area contributed by atoms with Crippen LogP contribution < -0.4 is 0 Å². The number of rotatable bonds is 1. The lowest BCUT2D eigenvalue weighted by Crippen LogP contribution is -1.89. The van der Waals surface area contributed by atoms with Crippen LogP contribution in [0.3, 0.4) is 0 Å². The van der Waals surface area contributed by atoms with E-state index in [2.05, 4.69) is 11.6 Å². The Kier molecular flexibility index (Phi) is 1.04. The lowest BCUT2D eigenvalue weighted by Gasteiger charge is -1.87. The molecule has 0 aromatic carbocycles. The molecule has 0 amide bonds. The Bertz CT molecular complexity index is 192. The predicted molar refractivity (Wildman–Crippen MR) is 29.5 cm³/mol. The van der Waals surface area contributed by atoms with Gasteiger partial charge in [0.25, 0.3) is 0 Å². The molecule has 0 saturated carbocycles. The maximum atomic E-state index is 8.73. The molecule has 1 aromatic rings. The van der Waals surface area contributed by atoms with E-state index in [0.29, 0.717) is 5.82 Å². The van der Waals surface area contributed by atoms with Crippen molar-refractivity contribution in [3.63, 3.8) is 0 Å². The molecule has 0 aliphatic carbocycles. The van der Waals surface area contributed by atoms with Gasteiger partial charge >= 0.3 is 0 Å². The summed E-state index contributed by atoms with van der Waals surface area (Å²) in [5.74, 6) is 0.463. The molecule has 0 aliphatic rings. The third kappa shape index (κ3) is 0.578. The highest BCUT2D eigenvalue weighted by Gasteiger charge is 1.89. The van der Waals surface area contributed by atoms with E-state index in [-0.39, 0.29) is 0 Å². The third-order valence-corrected chi connectivity index (χ3v) is 0.832. The normalized spacial score (nSPS) is 9.00. The van der Waals surface area contributed by atoms with Gasteiger partial charge in [-0.25, -0.2) is 4.98 Å². The van der Waals surface area contributed by atoms with E-state index in [9.17, 15) is 0 Å². The fraction of sp³-hybridized carbons (Fsp3) is 0. The molecule has 1 heterocycles. The molecule has 1 aromatic heterocycles. The van der Waals surface area contributed by atoms with Crippen LogP contribution in [0.5, 0.6) is 0 Å². The quantitative estimate of drug-likeness (QED) is 0.542. The van der Waals surface area contributed by atoms with E-state index < -0.39 is 0 Å². The van der Waals surface area contributed by atoms with Gasteiger partial charge < -0.3 is 5.21 Å².